The van der Waals surface area contributed by atoms with Crippen molar-refractivity contribution in [2.24, 2.45) is 0 Å². The molecule has 1 aliphatic heterocycles. The van der Waals surface area contributed by atoms with Gasteiger partial charge in [0.15, 0.2) is 15.9 Å². The molecule has 2 N–H and O–H groups in total. The standard InChI is InChI=1S/C17H17N5O4S2/c23-14(8-11-9-27-16(18-11)13-2-1-5-26-13)20-21-15(24)12-10-28-17(19-12)22-3-6-25-7-4-22/h1-2,5,9-10H,3-4,6-8H2,(H,20,23)(H,21,24). The number of morpholine rings is 1. The summed E-state index contributed by atoms with van der Waals surface area (Å²) in [5.74, 6) is -0.170. The van der Waals surface area contributed by atoms with Crippen LogP contribution in [0.4, 0.5) is 5.13 Å². The number of anilines is 1. The predicted molar refractivity (Wildman–Crippen MR) is 104 cm³/mol. The van der Waals surface area contributed by atoms with Gasteiger partial charge in [-0.3, -0.25) is 20.4 Å². The number of furan rings is 1. The molecule has 1 aliphatic rings. The SMILES string of the molecule is O=C(Cc1csc(-c2ccco2)n1)NNC(=O)c1csc(N2CCOCC2)n1. The third kappa shape index (κ3) is 4.38. The van der Waals surface area contributed by atoms with Gasteiger partial charge in [0.1, 0.15) is 5.69 Å². The van der Waals surface area contributed by atoms with Crippen LogP contribution in [0.5, 0.6) is 0 Å². The minimum Gasteiger partial charge on any atom is -0.462 e. The van der Waals surface area contributed by atoms with E-state index in [9.17, 15) is 9.59 Å². The predicted octanol–water partition coefficient (Wildman–Crippen LogP) is 1.70. The average molecular weight is 419 g/mol. The summed E-state index contributed by atoms with van der Waals surface area (Å²) in [5.41, 5.74) is 5.65. The minimum atomic E-state index is -0.460. The highest BCUT2D eigenvalue weighted by molar-refractivity contribution is 7.14. The molecule has 146 valence electrons. The number of carbonyl (C=O) groups is 2. The summed E-state index contributed by atoms with van der Waals surface area (Å²) in [4.78, 5) is 35.0. The first-order valence-corrected chi connectivity index (χ1v) is 10.3. The summed E-state index contributed by atoms with van der Waals surface area (Å²) < 4.78 is 10.6. The van der Waals surface area contributed by atoms with E-state index >= 15 is 0 Å². The van der Waals surface area contributed by atoms with Gasteiger partial charge in [-0.25, -0.2) is 9.97 Å². The number of amides is 2. The molecular formula is C17H17N5O4S2. The van der Waals surface area contributed by atoms with Crippen LogP contribution in [0.15, 0.2) is 33.6 Å². The maximum absolute atomic E-state index is 12.2. The van der Waals surface area contributed by atoms with E-state index < -0.39 is 5.91 Å². The first kappa shape index (κ1) is 18.6. The van der Waals surface area contributed by atoms with Crippen LogP contribution in [-0.4, -0.2) is 48.1 Å². The molecule has 3 aromatic heterocycles. The van der Waals surface area contributed by atoms with E-state index in [1.54, 1.807) is 23.1 Å². The Bertz CT molecular complexity index is 947. The molecule has 28 heavy (non-hydrogen) atoms. The fourth-order valence-electron chi connectivity index (χ4n) is 2.57. The highest BCUT2D eigenvalue weighted by Gasteiger charge is 2.18. The molecular weight excluding hydrogens is 402 g/mol. The molecule has 0 atom stereocenters. The lowest BCUT2D eigenvalue weighted by Gasteiger charge is -2.25. The topological polar surface area (TPSA) is 110 Å². The molecule has 9 nitrogen and oxygen atoms in total. The van der Waals surface area contributed by atoms with E-state index in [0.717, 1.165) is 18.2 Å². The summed E-state index contributed by atoms with van der Waals surface area (Å²) >= 11 is 2.78. The number of nitrogens with one attached hydrogen (secondary N) is 2. The fourth-order valence-corrected chi connectivity index (χ4v) is 4.21. The van der Waals surface area contributed by atoms with Gasteiger partial charge < -0.3 is 14.1 Å². The second-order valence-electron chi connectivity index (χ2n) is 5.92. The largest absolute Gasteiger partial charge is 0.462 e. The van der Waals surface area contributed by atoms with Gasteiger partial charge in [0.05, 0.1) is 31.6 Å². The van der Waals surface area contributed by atoms with Crippen molar-refractivity contribution >= 4 is 39.6 Å². The molecule has 0 aromatic carbocycles. The number of thiazole rings is 2. The van der Waals surface area contributed by atoms with Crippen LogP contribution in [-0.2, 0) is 16.0 Å². The zero-order chi connectivity index (χ0) is 19.3. The summed E-state index contributed by atoms with van der Waals surface area (Å²) in [6.07, 6.45) is 1.62. The normalized spacial score (nSPS) is 14.1. The van der Waals surface area contributed by atoms with E-state index in [0.29, 0.717) is 29.7 Å². The van der Waals surface area contributed by atoms with E-state index in [1.807, 2.05) is 6.07 Å². The first-order valence-electron chi connectivity index (χ1n) is 8.55. The molecule has 4 heterocycles. The van der Waals surface area contributed by atoms with Gasteiger partial charge >= 0.3 is 0 Å². The Kier molecular flexibility index (Phi) is 5.65. The Labute approximate surface area is 168 Å². The van der Waals surface area contributed by atoms with Gasteiger partial charge in [-0.05, 0) is 12.1 Å². The van der Waals surface area contributed by atoms with Gasteiger partial charge in [-0.15, -0.1) is 22.7 Å². The van der Waals surface area contributed by atoms with Crippen molar-refractivity contribution in [3.8, 4) is 10.8 Å². The van der Waals surface area contributed by atoms with Crippen LogP contribution in [0.25, 0.3) is 10.8 Å². The smallest absolute Gasteiger partial charge is 0.289 e. The zero-order valence-corrected chi connectivity index (χ0v) is 16.3. The number of hydrogen-bond acceptors (Lipinski definition) is 9. The molecule has 0 unspecified atom stereocenters. The van der Waals surface area contributed by atoms with Crippen molar-refractivity contribution in [3.05, 3.63) is 40.5 Å². The van der Waals surface area contributed by atoms with Gasteiger partial charge in [0.25, 0.3) is 5.91 Å². The van der Waals surface area contributed by atoms with Crippen LogP contribution in [0, 0.1) is 0 Å². The van der Waals surface area contributed by atoms with Crippen LogP contribution in [0.2, 0.25) is 0 Å². The van der Waals surface area contributed by atoms with E-state index in [2.05, 4.69) is 25.7 Å². The second kappa shape index (κ2) is 8.50. The molecule has 0 spiro atoms. The third-order valence-electron chi connectivity index (χ3n) is 3.95. The lowest BCUT2D eigenvalue weighted by atomic mass is 10.3. The number of ether oxygens (including phenoxy) is 1. The number of aromatic nitrogens is 2. The summed E-state index contributed by atoms with van der Waals surface area (Å²) in [7, 11) is 0. The van der Waals surface area contributed by atoms with Crippen molar-refractivity contribution in [2.75, 3.05) is 31.2 Å². The molecule has 2 amide bonds. The Hall–Kier alpha value is -2.76. The minimum absolute atomic E-state index is 0.0492. The van der Waals surface area contributed by atoms with Gasteiger partial charge in [-0.1, -0.05) is 0 Å². The lowest BCUT2D eigenvalue weighted by Crippen LogP contribution is -2.42. The van der Waals surface area contributed by atoms with Gasteiger partial charge in [-0.2, -0.15) is 0 Å². The summed E-state index contributed by atoms with van der Waals surface area (Å²) in [5, 5.41) is 4.93. The maximum Gasteiger partial charge on any atom is 0.289 e. The highest BCUT2D eigenvalue weighted by Crippen LogP contribution is 2.24. The first-order chi connectivity index (χ1) is 13.7. The van der Waals surface area contributed by atoms with Crippen LogP contribution in [0.1, 0.15) is 16.2 Å². The molecule has 0 bridgehead atoms. The van der Waals surface area contributed by atoms with Gasteiger partial charge in [0.2, 0.25) is 5.91 Å². The maximum atomic E-state index is 12.2. The van der Waals surface area contributed by atoms with Crippen molar-refractivity contribution in [2.45, 2.75) is 6.42 Å². The quantitative estimate of drug-likeness (QED) is 0.606. The van der Waals surface area contributed by atoms with Crippen molar-refractivity contribution in [3.63, 3.8) is 0 Å². The fraction of sp³-hybridized carbons (Fsp3) is 0.294. The number of nitrogens with zero attached hydrogens (tertiary/aromatic N) is 3. The zero-order valence-electron chi connectivity index (χ0n) is 14.7. The van der Waals surface area contributed by atoms with E-state index in [4.69, 9.17) is 9.15 Å². The van der Waals surface area contributed by atoms with Crippen molar-refractivity contribution in [1.29, 1.82) is 0 Å². The van der Waals surface area contributed by atoms with Crippen LogP contribution >= 0.6 is 22.7 Å². The molecule has 0 radical (unpaired) electrons. The number of hydrogen-bond donors (Lipinski definition) is 2. The average Bonchev–Trinajstić information content (AvgIpc) is 3.47. The Morgan fingerprint density at radius 3 is 2.79 bits per heavy atom. The Morgan fingerprint density at radius 2 is 2.00 bits per heavy atom. The highest BCUT2D eigenvalue weighted by atomic mass is 32.1. The molecule has 1 saturated heterocycles. The van der Waals surface area contributed by atoms with Crippen LogP contribution < -0.4 is 15.8 Å². The summed E-state index contributed by atoms with van der Waals surface area (Å²) in [6.45, 7) is 2.79. The Morgan fingerprint density at radius 1 is 1.14 bits per heavy atom. The molecule has 4 rings (SSSR count). The monoisotopic (exact) mass is 419 g/mol. The molecule has 1 fully saturated rings. The summed E-state index contributed by atoms with van der Waals surface area (Å²) in [6, 6.07) is 3.59. The number of rotatable bonds is 5. The Balaban J connectivity index is 1.27. The van der Waals surface area contributed by atoms with Crippen molar-refractivity contribution in [1.82, 2.24) is 20.8 Å². The lowest BCUT2D eigenvalue weighted by molar-refractivity contribution is -0.121. The molecule has 3 aromatic rings. The molecule has 0 saturated carbocycles. The van der Waals surface area contributed by atoms with E-state index in [-0.39, 0.29) is 18.0 Å². The molecule has 11 heteroatoms. The second-order valence-corrected chi connectivity index (χ2v) is 7.61. The van der Waals surface area contributed by atoms with Crippen LogP contribution in [0.3, 0.4) is 0 Å². The number of hydrazine groups is 1. The third-order valence-corrected chi connectivity index (χ3v) is 5.75. The van der Waals surface area contributed by atoms with Crippen molar-refractivity contribution < 1.29 is 18.7 Å². The van der Waals surface area contributed by atoms with E-state index in [1.165, 1.54) is 22.7 Å². The molecule has 0 aliphatic carbocycles. The van der Waals surface area contributed by atoms with Gasteiger partial charge in [0, 0.05) is 23.8 Å². The number of carbonyl (C=O) groups excluding carboxylic acids is 2.